The summed E-state index contributed by atoms with van der Waals surface area (Å²) in [6.45, 7) is 0.796. The molecule has 1 heterocycles. The van der Waals surface area contributed by atoms with Crippen molar-refractivity contribution in [3.63, 3.8) is 0 Å². The second-order valence-corrected chi connectivity index (χ2v) is 5.35. The van der Waals surface area contributed by atoms with Crippen LogP contribution in [0.2, 0.25) is 0 Å². The molecule has 2 heteroatoms. The van der Waals surface area contributed by atoms with E-state index >= 15 is 0 Å². The highest BCUT2D eigenvalue weighted by Crippen LogP contribution is 2.39. The lowest BCUT2D eigenvalue weighted by Gasteiger charge is -2.11. The monoisotopic (exact) mass is 218 g/mol. The van der Waals surface area contributed by atoms with E-state index in [-0.39, 0.29) is 0 Å². The maximum atomic E-state index is 5.77. The molecule has 0 aromatic carbocycles. The van der Waals surface area contributed by atoms with Gasteiger partial charge in [0.2, 0.25) is 0 Å². The molecular formula is C14H22N2. The average molecular weight is 218 g/mol. The molecule has 0 radical (unpaired) electrons. The molecule has 0 spiro atoms. The van der Waals surface area contributed by atoms with E-state index < -0.39 is 0 Å². The second kappa shape index (κ2) is 4.25. The third-order valence-electron chi connectivity index (χ3n) is 4.35. The third-order valence-corrected chi connectivity index (χ3v) is 4.35. The van der Waals surface area contributed by atoms with Crippen LogP contribution in [0.25, 0.3) is 0 Å². The van der Waals surface area contributed by atoms with Gasteiger partial charge in [-0.25, -0.2) is 0 Å². The molecule has 3 N–H and O–H groups in total. The predicted molar refractivity (Wildman–Crippen MR) is 66.8 cm³/mol. The van der Waals surface area contributed by atoms with E-state index in [4.69, 9.17) is 5.73 Å². The summed E-state index contributed by atoms with van der Waals surface area (Å²) < 4.78 is 0. The van der Waals surface area contributed by atoms with Crippen LogP contribution < -0.4 is 5.73 Å². The molecule has 0 aliphatic heterocycles. The highest BCUT2D eigenvalue weighted by Gasteiger charge is 2.26. The van der Waals surface area contributed by atoms with E-state index in [0.29, 0.717) is 0 Å². The first kappa shape index (κ1) is 10.4. The Morgan fingerprint density at radius 3 is 2.69 bits per heavy atom. The Morgan fingerprint density at radius 1 is 1.12 bits per heavy atom. The largest absolute Gasteiger partial charge is 0.362 e. The Bertz CT molecular complexity index is 372. The van der Waals surface area contributed by atoms with Gasteiger partial charge in [-0.15, -0.1) is 0 Å². The minimum atomic E-state index is 0.796. The second-order valence-electron chi connectivity index (χ2n) is 5.35. The summed E-state index contributed by atoms with van der Waals surface area (Å²) in [5.41, 5.74) is 12.1. The molecule has 2 aliphatic rings. The highest BCUT2D eigenvalue weighted by atomic mass is 14.8. The summed E-state index contributed by atoms with van der Waals surface area (Å²) in [6.07, 6.45) is 10.6. The zero-order valence-corrected chi connectivity index (χ0v) is 10.0. The van der Waals surface area contributed by atoms with Crippen molar-refractivity contribution in [1.82, 2.24) is 4.98 Å². The van der Waals surface area contributed by atoms with Crippen LogP contribution in [-0.2, 0) is 19.3 Å². The number of H-pyrrole nitrogens is 1. The minimum absolute atomic E-state index is 0.796. The summed E-state index contributed by atoms with van der Waals surface area (Å²) in [7, 11) is 0. The van der Waals surface area contributed by atoms with Gasteiger partial charge in [0.05, 0.1) is 0 Å². The summed E-state index contributed by atoms with van der Waals surface area (Å²) in [5.74, 6) is 0.812. The van der Waals surface area contributed by atoms with Gasteiger partial charge in [0.1, 0.15) is 0 Å². The molecule has 1 aromatic heterocycles. The van der Waals surface area contributed by atoms with Gasteiger partial charge in [-0.1, -0.05) is 12.8 Å². The highest BCUT2D eigenvalue weighted by molar-refractivity contribution is 5.42. The van der Waals surface area contributed by atoms with Crippen molar-refractivity contribution in [2.75, 3.05) is 6.54 Å². The quantitative estimate of drug-likeness (QED) is 0.804. The number of rotatable bonds is 3. The van der Waals surface area contributed by atoms with E-state index in [2.05, 4.69) is 4.98 Å². The maximum absolute atomic E-state index is 5.77. The zero-order valence-electron chi connectivity index (χ0n) is 10.0. The molecule has 2 aliphatic carbocycles. The third kappa shape index (κ3) is 1.60. The lowest BCUT2D eigenvalue weighted by molar-refractivity contribution is 0.683. The topological polar surface area (TPSA) is 41.8 Å². The Labute approximate surface area is 97.6 Å². The molecular weight excluding hydrogens is 196 g/mol. The van der Waals surface area contributed by atoms with Crippen molar-refractivity contribution in [2.45, 2.75) is 57.3 Å². The normalized spacial score (nSPS) is 20.6. The summed E-state index contributed by atoms with van der Waals surface area (Å²) in [4.78, 5) is 3.73. The van der Waals surface area contributed by atoms with E-state index in [9.17, 15) is 0 Å². The summed E-state index contributed by atoms with van der Waals surface area (Å²) in [6, 6.07) is 0. The Kier molecular flexibility index (Phi) is 2.76. The minimum Gasteiger partial charge on any atom is -0.362 e. The van der Waals surface area contributed by atoms with Crippen molar-refractivity contribution in [3.8, 4) is 0 Å². The molecule has 0 atom stereocenters. The van der Waals surface area contributed by atoms with E-state index in [1.165, 1.54) is 50.6 Å². The molecule has 0 amide bonds. The first-order valence-corrected chi connectivity index (χ1v) is 6.82. The number of aryl methyl sites for hydroxylation is 1. The fourth-order valence-corrected chi connectivity index (χ4v) is 3.61. The van der Waals surface area contributed by atoms with Gasteiger partial charge in [-0.2, -0.15) is 0 Å². The van der Waals surface area contributed by atoms with Gasteiger partial charge in [0, 0.05) is 11.4 Å². The molecule has 1 aromatic rings. The molecule has 1 saturated carbocycles. The molecule has 0 unspecified atom stereocenters. The number of nitrogens with two attached hydrogens (primary N) is 1. The molecule has 88 valence electrons. The van der Waals surface area contributed by atoms with Gasteiger partial charge in [-0.05, 0) is 62.1 Å². The van der Waals surface area contributed by atoms with Crippen LogP contribution in [0.4, 0.5) is 0 Å². The van der Waals surface area contributed by atoms with Crippen LogP contribution in [0.15, 0.2) is 0 Å². The smallest absolute Gasteiger partial charge is 0.0216 e. The van der Waals surface area contributed by atoms with Gasteiger partial charge >= 0.3 is 0 Å². The SMILES string of the molecule is NCCc1c(C2CCCC2)[nH]c2c1CCC2. The number of aromatic amines is 1. The Balaban J connectivity index is 1.96. The molecule has 1 fully saturated rings. The number of nitrogens with one attached hydrogen (secondary N) is 1. The number of hydrogen-bond acceptors (Lipinski definition) is 1. The lowest BCUT2D eigenvalue weighted by Crippen LogP contribution is -2.07. The fourth-order valence-electron chi connectivity index (χ4n) is 3.61. The maximum Gasteiger partial charge on any atom is 0.0216 e. The van der Waals surface area contributed by atoms with Gasteiger partial charge in [-0.3, -0.25) is 0 Å². The van der Waals surface area contributed by atoms with E-state index in [0.717, 1.165) is 18.9 Å². The van der Waals surface area contributed by atoms with Crippen LogP contribution in [-0.4, -0.2) is 11.5 Å². The van der Waals surface area contributed by atoms with E-state index in [1.807, 2.05) is 0 Å². The first-order chi connectivity index (χ1) is 7.90. The fraction of sp³-hybridized carbons (Fsp3) is 0.714. The standard InChI is InChI=1S/C14H22N2/c15-9-8-12-11-6-3-7-13(11)16-14(12)10-4-1-2-5-10/h10,16H,1-9,15H2. The lowest BCUT2D eigenvalue weighted by atomic mass is 9.96. The number of fused-ring (bicyclic) bond motifs is 1. The van der Waals surface area contributed by atoms with Crippen molar-refractivity contribution in [1.29, 1.82) is 0 Å². The zero-order chi connectivity index (χ0) is 11.0. The van der Waals surface area contributed by atoms with Gasteiger partial charge in [0.25, 0.3) is 0 Å². The number of hydrogen-bond donors (Lipinski definition) is 2. The Morgan fingerprint density at radius 2 is 1.94 bits per heavy atom. The van der Waals surface area contributed by atoms with Crippen LogP contribution in [0, 0.1) is 0 Å². The van der Waals surface area contributed by atoms with E-state index in [1.54, 1.807) is 16.8 Å². The van der Waals surface area contributed by atoms with Crippen LogP contribution in [0.5, 0.6) is 0 Å². The van der Waals surface area contributed by atoms with Gasteiger partial charge < -0.3 is 10.7 Å². The summed E-state index contributed by atoms with van der Waals surface area (Å²) in [5, 5.41) is 0. The number of aromatic nitrogens is 1. The van der Waals surface area contributed by atoms with Crippen molar-refractivity contribution < 1.29 is 0 Å². The molecule has 3 rings (SSSR count). The molecule has 0 saturated heterocycles. The molecule has 2 nitrogen and oxygen atoms in total. The van der Waals surface area contributed by atoms with Crippen LogP contribution in [0.3, 0.4) is 0 Å². The van der Waals surface area contributed by atoms with Crippen molar-refractivity contribution in [2.24, 2.45) is 5.73 Å². The molecule has 16 heavy (non-hydrogen) atoms. The predicted octanol–water partition coefficient (Wildman–Crippen LogP) is 2.66. The average Bonchev–Trinajstić information content (AvgIpc) is 2.93. The van der Waals surface area contributed by atoms with Crippen molar-refractivity contribution in [3.05, 3.63) is 22.5 Å². The van der Waals surface area contributed by atoms with Crippen molar-refractivity contribution >= 4 is 0 Å². The van der Waals surface area contributed by atoms with Crippen LogP contribution >= 0.6 is 0 Å². The first-order valence-electron chi connectivity index (χ1n) is 6.82. The van der Waals surface area contributed by atoms with Gasteiger partial charge in [0.15, 0.2) is 0 Å². The van der Waals surface area contributed by atoms with Crippen LogP contribution in [0.1, 0.15) is 60.5 Å². The summed E-state index contributed by atoms with van der Waals surface area (Å²) >= 11 is 0. The molecule has 0 bridgehead atoms. The Hall–Kier alpha value is -0.760.